The van der Waals surface area contributed by atoms with Crippen LogP contribution in [0.1, 0.15) is 32.1 Å². The fraction of sp³-hybridized carbons (Fsp3) is 0.526. The zero-order valence-electron chi connectivity index (χ0n) is 13.8. The second kappa shape index (κ2) is 7.64. The molecule has 1 amide bonds. The van der Waals surface area contributed by atoms with E-state index in [1.165, 1.54) is 5.69 Å². The summed E-state index contributed by atoms with van der Waals surface area (Å²) in [6.07, 6.45) is 9.64. The molecule has 3 rings (SSSR count). The smallest absolute Gasteiger partial charge is 0.227 e. The fourth-order valence-corrected chi connectivity index (χ4v) is 3.38. The number of hydrogen-bond acceptors (Lipinski definition) is 3. The van der Waals surface area contributed by atoms with Gasteiger partial charge in [0.1, 0.15) is 0 Å². The van der Waals surface area contributed by atoms with Crippen molar-refractivity contribution in [3.05, 3.63) is 36.4 Å². The van der Waals surface area contributed by atoms with Gasteiger partial charge < -0.3 is 15.0 Å². The van der Waals surface area contributed by atoms with Crippen molar-refractivity contribution >= 4 is 17.3 Å². The lowest BCUT2D eigenvalue weighted by atomic mass is 9.93. The highest BCUT2D eigenvalue weighted by molar-refractivity contribution is 5.92. The van der Waals surface area contributed by atoms with Gasteiger partial charge in [0, 0.05) is 37.5 Å². The number of amides is 1. The first-order valence-corrected chi connectivity index (χ1v) is 8.60. The SMILES string of the molecule is COC1CCN(c2ccc(NC(=O)[C@@H]3CC=CCC3)cc2)CC1. The Labute approximate surface area is 138 Å². The number of methoxy groups -OCH3 is 1. The van der Waals surface area contributed by atoms with Gasteiger partial charge in [-0.15, -0.1) is 0 Å². The van der Waals surface area contributed by atoms with E-state index in [2.05, 4.69) is 34.5 Å². The summed E-state index contributed by atoms with van der Waals surface area (Å²) in [7, 11) is 1.79. The van der Waals surface area contributed by atoms with E-state index in [1.54, 1.807) is 7.11 Å². The minimum Gasteiger partial charge on any atom is -0.381 e. The Morgan fingerprint density at radius 1 is 1.13 bits per heavy atom. The highest BCUT2D eigenvalue weighted by Gasteiger charge is 2.20. The molecule has 2 aliphatic rings. The molecule has 1 heterocycles. The Hall–Kier alpha value is -1.81. The molecule has 0 spiro atoms. The summed E-state index contributed by atoms with van der Waals surface area (Å²) in [5.41, 5.74) is 2.11. The van der Waals surface area contributed by atoms with E-state index in [0.29, 0.717) is 6.10 Å². The molecule has 4 nitrogen and oxygen atoms in total. The van der Waals surface area contributed by atoms with Crippen LogP contribution in [-0.4, -0.2) is 32.2 Å². The zero-order chi connectivity index (χ0) is 16.1. The van der Waals surface area contributed by atoms with E-state index in [9.17, 15) is 4.79 Å². The first-order chi connectivity index (χ1) is 11.3. The number of benzene rings is 1. The number of anilines is 2. The van der Waals surface area contributed by atoms with Crippen molar-refractivity contribution < 1.29 is 9.53 Å². The van der Waals surface area contributed by atoms with Crippen molar-refractivity contribution in [2.75, 3.05) is 30.4 Å². The van der Waals surface area contributed by atoms with Crippen molar-refractivity contribution in [3.63, 3.8) is 0 Å². The van der Waals surface area contributed by atoms with E-state index in [4.69, 9.17) is 4.74 Å². The van der Waals surface area contributed by atoms with Gasteiger partial charge in [0.2, 0.25) is 5.91 Å². The van der Waals surface area contributed by atoms with E-state index < -0.39 is 0 Å². The topological polar surface area (TPSA) is 41.6 Å². The maximum atomic E-state index is 12.3. The second-order valence-corrected chi connectivity index (χ2v) is 6.44. The van der Waals surface area contributed by atoms with Gasteiger partial charge in [-0.3, -0.25) is 4.79 Å². The summed E-state index contributed by atoms with van der Waals surface area (Å²) >= 11 is 0. The molecule has 1 fully saturated rings. The Bertz CT molecular complexity index is 545. The molecule has 23 heavy (non-hydrogen) atoms. The monoisotopic (exact) mass is 314 g/mol. The first kappa shape index (κ1) is 16.1. The molecule has 1 aliphatic carbocycles. The van der Waals surface area contributed by atoms with Crippen LogP contribution >= 0.6 is 0 Å². The van der Waals surface area contributed by atoms with Gasteiger partial charge in [-0.2, -0.15) is 0 Å². The summed E-state index contributed by atoms with van der Waals surface area (Å²) in [6, 6.07) is 8.22. The molecule has 1 saturated heterocycles. The molecule has 0 unspecified atom stereocenters. The van der Waals surface area contributed by atoms with E-state index in [-0.39, 0.29) is 11.8 Å². The van der Waals surface area contributed by atoms with Gasteiger partial charge in [-0.25, -0.2) is 0 Å². The Balaban J connectivity index is 1.55. The van der Waals surface area contributed by atoms with Crippen molar-refractivity contribution in [2.45, 2.75) is 38.2 Å². The third kappa shape index (κ3) is 4.14. The molecule has 1 aromatic rings. The van der Waals surface area contributed by atoms with Gasteiger partial charge in [0.15, 0.2) is 0 Å². The minimum atomic E-state index is 0.118. The molecular formula is C19H26N2O2. The van der Waals surface area contributed by atoms with Crippen molar-refractivity contribution in [1.82, 2.24) is 0 Å². The molecule has 1 aromatic carbocycles. The Kier molecular flexibility index (Phi) is 5.34. The molecule has 1 N–H and O–H groups in total. The van der Waals surface area contributed by atoms with Crippen LogP contribution in [0.4, 0.5) is 11.4 Å². The molecule has 124 valence electrons. The quantitative estimate of drug-likeness (QED) is 0.864. The van der Waals surface area contributed by atoms with E-state index >= 15 is 0 Å². The number of ether oxygens (including phenoxy) is 1. The van der Waals surface area contributed by atoms with Crippen LogP contribution in [0.15, 0.2) is 36.4 Å². The average Bonchev–Trinajstić information content (AvgIpc) is 2.63. The molecule has 0 saturated carbocycles. The summed E-state index contributed by atoms with van der Waals surface area (Å²) < 4.78 is 5.42. The molecule has 0 bridgehead atoms. The van der Waals surface area contributed by atoms with Crippen LogP contribution in [0.25, 0.3) is 0 Å². The van der Waals surface area contributed by atoms with Crippen LogP contribution in [-0.2, 0) is 9.53 Å². The van der Waals surface area contributed by atoms with E-state index in [0.717, 1.165) is 50.9 Å². The third-order valence-electron chi connectivity index (χ3n) is 4.92. The number of hydrogen-bond donors (Lipinski definition) is 1. The van der Waals surface area contributed by atoms with Gasteiger partial charge >= 0.3 is 0 Å². The lowest BCUT2D eigenvalue weighted by Gasteiger charge is -2.33. The molecule has 0 aromatic heterocycles. The largest absolute Gasteiger partial charge is 0.381 e. The maximum absolute atomic E-state index is 12.3. The van der Waals surface area contributed by atoms with Crippen LogP contribution in [0, 0.1) is 5.92 Å². The number of carbonyl (C=O) groups is 1. The first-order valence-electron chi connectivity index (χ1n) is 8.60. The van der Waals surface area contributed by atoms with Crippen LogP contribution < -0.4 is 10.2 Å². The number of piperidine rings is 1. The van der Waals surface area contributed by atoms with Gasteiger partial charge in [-0.05, 0) is 56.4 Å². The average molecular weight is 314 g/mol. The minimum absolute atomic E-state index is 0.118. The predicted octanol–water partition coefficient (Wildman–Crippen LogP) is 3.60. The van der Waals surface area contributed by atoms with Gasteiger partial charge in [-0.1, -0.05) is 12.2 Å². The predicted molar refractivity (Wildman–Crippen MR) is 93.8 cm³/mol. The second-order valence-electron chi connectivity index (χ2n) is 6.44. The van der Waals surface area contributed by atoms with Crippen molar-refractivity contribution in [1.29, 1.82) is 0 Å². The summed E-state index contributed by atoms with van der Waals surface area (Å²) in [5.74, 6) is 0.260. The van der Waals surface area contributed by atoms with Crippen LogP contribution in [0.3, 0.4) is 0 Å². The number of allylic oxidation sites excluding steroid dienone is 2. The molecule has 4 heteroatoms. The lowest BCUT2D eigenvalue weighted by Crippen LogP contribution is -2.36. The van der Waals surface area contributed by atoms with Crippen molar-refractivity contribution in [2.24, 2.45) is 5.92 Å². The molecule has 1 atom stereocenters. The van der Waals surface area contributed by atoms with Crippen LogP contribution in [0.2, 0.25) is 0 Å². The molecule has 0 radical (unpaired) electrons. The maximum Gasteiger partial charge on any atom is 0.227 e. The summed E-state index contributed by atoms with van der Waals surface area (Å²) in [4.78, 5) is 14.6. The summed E-state index contributed by atoms with van der Waals surface area (Å²) in [5, 5.41) is 3.05. The number of carbonyl (C=O) groups excluding carboxylic acids is 1. The molecular weight excluding hydrogens is 288 g/mol. The van der Waals surface area contributed by atoms with E-state index in [1.807, 2.05) is 12.1 Å². The number of nitrogens with zero attached hydrogens (tertiary/aromatic N) is 1. The van der Waals surface area contributed by atoms with Crippen molar-refractivity contribution in [3.8, 4) is 0 Å². The molecule has 1 aliphatic heterocycles. The number of rotatable bonds is 4. The number of nitrogens with one attached hydrogen (secondary N) is 1. The van der Waals surface area contributed by atoms with Gasteiger partial charge in [0.05, 0.1) is 6.10 Å². The zero-order valence-corrected chi connectivity index (χ0v) is 13.8. The highest BCUT2D eigenvalue weighted by atomic mass is 16.5. The standard InChI is InChI=1S/C19H26N2O2/c1-23-18-11-13-21(14-12-18)17-9-7-16(8-10-17)20-19(22)15-5-3-2-4-6-15/h2-3,7-10,15,18H,4-6,11-14H2,1H3,(H,20,22)/t15-/m1/s1. The third-order valence-corrected chi connectivity index (χ3v) is 4.92. The Morgan fingerprint density at radius 3 is 2.48 bits per heavy atom. The van der Waals surface area contributed by atoms with Gasteiger partial charge in [0.25, 0.3) is 0 Å². The fourth-order valence-electron chi connectivity index (χ4n) is 3.38. The lowest BCUT2D eigenvalue weighted by molar-refractivity contribution is -0.120. The van der Waals surface area contributed by atoms with Crippen LogP contribution in [0.5, 0.6) is 0 Å². The Morgan fingerprint density at radius 2 is 1.87 bits per heavy atom. The highest BCUT2D eigenvalue weighted by Crippen LogP contribution is 2.24. The normalized spacial score (nSPS) is 22.1. The summed E-state index contributed by atoms with van der Waals surface area (Å²) in [6.45, 7) is 2.05.